The monoisotopic (exact) mass is 234 g/mol. The van der Waals surface area contributed by atoms with Crippen molar-refractivity contribution < 1.29 is 14.6 Å². The molecule has 0 saturated heterocycles. The van der Waals surface area contributed by atoms with Crippen molar-refractivity contribution in [2.24, 2.45) is 0 Å². The number of allylic oxidation sites excluding steroid dienone is 1. The third-order valence-electron chi connectivity index (χ3n) is 2.70. The number of hydrogen-bond donors (Lipinski definition) is 1. The Hall–Kier alpha value is -1.77. The van der Waals surface area contributed by atoms with Crippen LogP contribution in [-0.2, 0) is 11.2 Å². The van der Waals surface area contributed by atoms with Gasteiger partial charge in [-0.2, -0.15) is 0 Å². The minimum atomic E-state index is -0.809. The highest BCUT2D eigenvalue weighted by molar-refractivity contribution is 5.74. The van der Waals surface area contributed by atoms with E-state index in [4.69, 9.17) is 9.84 Å². The third-order valence-corrected chi connectivity index (χ3v) is 2.70. The number of aryl methyl sites for hydroxylation is 1. The molecule has 0 aliphatic carbocycles. The molecule has 1 rings (SSSR count). The summed E-state index contributed by atoms with van der Waals surface area (Å²) < 4.78 is 5.18. The molecule has 0 atom stereocenters. The molecule has 92 valence electrons. The zero-order valence-electron chi connectivity index (χ0n) is 10.5. The second kappa shape index (κ2) is 6.09. The minimum Gasteiger partial charge on any atom is -0.497 e. The maximum Gasteiger partial charge on any atom is 0.307 e. The van der Waals surface area contributed by atoms with E-state index in [1.54, 1.807) is 13.2 Å². The average Bonchev–Trinajstić information content (AvgIpc) is 2.34. The topological polar surface area (TPSA) is 46.5 Å². The second-order valence-electron chi connectivity index (χ2n) is 3.86. The molecule has 1 aromatic carbocycles. The Morgan fingerprint density at radius 3 is 2.71 bits per heavy atom. The SMILES string of the molecule is CCc1cc(OC)ccc1/C(C)=C/CC(=O)O. The van der Waals surface area contributed by atoms with E-state index in [-0.39, 0.29) is 6.42 Å². The smallest absolute Gasteiger partial charge is 0.307 e. The largest absolute Gasteiger partial charge is 0.497 e. The number of ether oxygens (including phenoxy) is 1. The lowest BCUT2D eigenvalue weighted by Gasteiger charge is -2.10. The molecule has 0 aliphatic heterocycles. The van der Waals surface area contributed by atoms with Crippen LogP contribution in [0.4, 0.5) is 0 Å². The molecule has 0 amide bonds. The molecular weight excluding hydrogens is 216 g/mol. The Bertz CT molecular complexity index is 433. The summed E-state index contributed by atoms with van der Waals surface area (Å²) in [6.07, 6.45) is 2.69. The van der Waals surface area contributed by atoms with E-state index < -0.39 is 5.97 Å². The first-order chi connectivity index (χ1) is 8.08. The number of carboxylic acids is 1. The van der Waals surface area contributed by atoms with Gasteiger partial charge in [-0.25, -0.2) is 0 Å². The zero-order chi connectivity index (χ0) is 12.8. The summed E-state index contributed by atoms with van der Waals surface area (Å²) in [5.41, 5.74) is 3.25. The van der Waals surface area contributed by atoms with Gasteiger partial charge in [0.05, 0.1) is 13.5 Å². The van der Waals surface area contributed by atoms with Gasteiger partial charge in [-0.3, -0.25) is 4.79 Å². The Morgan fingerprint density at radius 1 is 1.47 bits per heavy atom. The molecule has 0 saturated carbocycles. The number of benzene rings is 1. The van der Waals surface area contributed by atoms with Crippen LogP contribution in [0.5, 0.6) is 5.75 Å². The number of methoxy groups -OCH3 is 1. The van der Waals surface area contributed by atoms with Crippen LogP contribution in [0.2, 0.25) is 0 Å². The van der Waals surface area contributed by atoms with Crippen molar-refractivity contribution in [3.63, 3.8) is 0 Å². The van der Waals surface area contributed by atoms with Gasteiger partial charge in [0.25, 0.3) is 0 Å². The maximum absolute atomic E-state index is 10.5. The predicted octanol–water partition coefficient (Wildman–Crippen LogP) is 3.14. The van der Waals surface area contributed by atoms with Gasteiger partial charge in [0.1, 0.15) is 5.75 Å². The van der Waals surface area contributed by atoms with Crippen LogP contribution in [0.25, 0.3) is 5.57 Å². The Morgan fingerprint density at radius 2 is 2.18 bits per heavy atom. The molecule has 1 aromatic rings. The van der Waals surface area contributed by atoms with Crippen LogP contribution in [0.15, 0.2) is 24.3 Å². The highest BCUT2D eigenvalue weighted by Crippen LogP contribution is 2.24. The fraction of sp³-hybridized carbons (Fsp3) is 0.357. The normalized spacial score (nSPS) is 11.4. The average molecular weight is 234 g/mol. The summed E-state index contributed by atoms with van der Waals surface area (Å²) in [6, 6.07) is 5.87. The molecule has 0 heterocycles. The molecular formula is C14H18O3. The number of carboxylic acid groups (broad SMARTS) is 1. The zero-order valence-corrected chi connectivity index (χ0v) is 10.5. The van der Waals surface area contributed by atoms with Gasteiger partial charge in [0.2, 0.25) is 0 Å². The number of hydrogen-bond acceptors (Lipinski definition) is 2. The lowest BCUT2D eigenvalue weighted by Crippen LogP contribution is -1.95. The van der Waals surface area contributed by atoms with Gasteiger partial charge < -0.3 is 9.84 Å². The summed E-state index contributed by atoms with van der Waals surface area (Å²) in [7, 11) is 1.64. The first-order valence-corrected chi connectivity index (χ1v) is 5.64. The predicted molar refractivity (Wildman–Crippen MR) is 68.3 cm³/mol. The highest BCUT2D eigenvalue weighted by Gasteiger charge is 2.05. The maximum atomic E-state index is 10.5. The molecule has 0 bridgehead atoms. The van der Waals surface area contributed by atoms with Crippen molar-refractivity contribution in [2.45, 2.75) is 26.7 Å². The molecule has 0 aromatic heterocycles. The Labute approximate surface area is 102 Å². The molecule has 0 unspecified atom stereocenters. The molecule has 17 heavy (non-hydrogen) atoms. The third kappa shape index (κ3) is 3.63. The van der Waals surface area contributed by atoms with E-state index in [2.05, 4.69) is 6.92 Å². The molecule has 0 radical (unpaired) electrons. The Kier molecular flexibility index (Phi) is 4.76. The van der Waals surface area contributed by atoms with Crippen LogP contribution in [0, 0.1) is 0 Å². The molecule has 0 fully saturated rings. The molecule has 1 N–H and O–H groups in total. The van der Waals surface area contributed by atoms with E-state index in [0.29, 0.717) is 0 Å². The lowest BCUT2D eigenvalue weighted by atomic mass is 9.98. The van der Waals surface area contributed by atoms with Crippen LogP contribution in [0.1, 0.15) is 31.4 Å². The first-order valence-electron chi connectivity index (χ1n) is 5.64. The van der Waals surface area contributed by atoms with E-state index in [1.165, 1.54) is 5.56 Å². The summed E-state index contributed by atoms with van der Waals surface area (Å²) in [5, 5.41) is 8.65. The summed E-state index contributed by atoms with van der Waals surface area (Å²) >= 11 is 0. The van der Waals surface area contributed by atoms with Crippen LogP contribution in [0.3, 0.4) is 0 Å². The minimum absolute atomic E-state index is 0.0566. The van der Waals surface area contributed by atoms with Gasteiger partial charge in [-0.1, -0.05) is 19.1 Å². The van der Waals surface area contributed by atoms with Crippen LogP contribution >= 0.6 is 0 Å². The quantitative estimate of drug-likeness (QED) is 0.851. The number of aliphatic carboxylic acids is 1. The van der Waals surface area contributed by atoms with Gasteiger partial charge in [0, 0.05) is 0 Å². The van der Waals surface area contributed by atoms with Gasteiger partial charge in [-0.15, -0.1) is 0 Å². The fourth-order valence-corrected chi connectivity index (χ4v) is 1.72. The van der Waals surface area contributed by atoms with Crippen molar-refractivity contribution in [1.29, 1.82) is 0 Å². The van der Waals surface area contributed by atoms with Crippen LogP contribution in [-0.4, -0.2) is 18.2 Å². The van der Waals surface area contributed by atoms with Gasteiger partial charge >= 0.3 is 5.97 Å². The molecule has 0 spiro atoms. The van der Waals surface area contributed by atoms with E-state index >= 15 is 0 Å². The molecule has 3 nitrogen and oxygen atoms in total. The number of rotatable bonds is 5. The van der Waals surface area contributed by atoms with Crippen molar-refractivity contribution in [2.75, 3.05) is 7.11 Å². The van der Waals surface area contributed by atoms with Crippen molar-refractivity contribution in [1.82, 2.24) is 0 Å². The summed E-state index contributed by atoms with van der Waals surface area (Å²) in [4.78, 5) is 10.5. The van der Waals surface area contributed by atoms with Crippen molar-refractivity contribution in [3.05, 3.63) is 35.4 Å². The fourth-order valence-electron chi connectivity index (χ4n) is 1.72. The number of carbonyl (C=O) groups is 1. The molecule has 0 aliphatic rings. The second-order valence-corrected chi connectivity index (χ2v) is 3.86. The first kappa shape index (κ1) is 13.3. The summed E-state index contributed by atoms with van der Waals surface area (Å²) in [5.74, 6) is 0.0209. The lowest BCUT2D eigenvalue weighted by molar-refractivity contribution is -0.135. The van der Waals surface area contributed by atoms with E-state index in [9.17, 15) is 4.79 Å². The van der Waals surface area contributed by atoms with Crippen LogP contribution < -0.4 is 4.74 Å². The standard InChI is InChI=1S/C14H18O3/c1-4-11-9-12(17-3)6-7-13(11)10(2)5-8-14(15)16/h5-7,9H,4,8H2,1-3H3,(H,15,16)/b10-5+. The van der Waals surface area contributed by atoms with Gasteiger partial charge in [0.15, 0.2) is 0 Å². The van der Waals surface area contributed by atoms with E-state index in [1.807, 2.05) is 25.1 Å². The van der Waals surface area contributed by atoms with Gasteiger partial charge in [-0.05, 0) is 42.2 Å². The van der Waals surface area contributed by atoms with Crippen molar-refractivity contribution >= 4 is 11.5 Å². The Balaban J connectivity index is 3.04. The van der Waals surface area contributed by atoms with E-state index in [0.717, 1.165) is 23.3 Å². The van der Waals surface area contributed by atoms with Crippen molar-refractivity contribution in [3.8, 4) is 5.75 Å². The molecule has 3 heteroatoms. The highest BCUT2D eigenvalue weighted by atomic mass is 16.5. The summed E-state index contributed by atoms with van der Waals surface area (Å²) in [6.45, 7) is 4.01.